The fourth-order valence-electron chi connectivity index (χ4n) is 2.45. The first-order valence-corrected chi connectivity index (χ1v) is 8.73. The summed E-state index contributed by atoms with van der Waals surface area (Å²) in [4.78, 5) is 8.96. The quantitative estimate of drug-likeness (QED) is 0.379. The summed E-state index contributed by atoms with van der Waals surface area (Å²) in [6.07, 6.45) is 0. The number of nitrogens with zero attached hydrogens (tertiary/aromatic N) is 2. The van der Waals surface area contributed by atoms with Gasteiger partial charge in [-0.1, -0.05) is 12.1 Å². The van der Waals surface area contributed by atoms with Gasteiger partial charge in [-0.2, -0.15) is 0 Å². The van der Waals surface area contributed by atoms with Crippen LogP contribution in [0.3, 0.4) is 0 Å². The van der Waals surface area contributed by atoms with Crippen molar-refractivity contribution in [2.24, 2.45) is 4.99 Å². The molecule has 7 heteroatoms. The Balaban J connectivity index is 0.00000312. The lowest BCUT2D eigenvalue weighted by molar-refractivity contribution is 0.298. The van der Waals surface area contributed by atoms with Crippen LogP contribution in [0.5, 0.6) is 0 Å². The van der Waals surface area contributed by atoms with Crippen LogP contribution < -0.4 is 10.6 Å². The van der Waals surface area contributed by atoms with Gasteiger partial charge in [0.2, 0.25) is 0 Å². The number of halogens is 2. The van der Waals surface area contributed by atoms with Crippen molar-refractivity contribution in [1.82, 2.24) is 15.5 Å². The van der Waals surface area contributed by atoms with Gasteiger partial charge in [0.1, 0.15) is 5.82 Å². The van der Waals surface area contributed by atoms with Crippen molar-refractivity contribution in [1.29, 1.82) is 0 Å². The molecule has 1 aromatic carbocycles. The molecule has 25 heavy (non-hydrogen) atoms. The summed E-state index contributed by atoms with van der Waals surface area (Å²) in [7, 11) is 5.79. The molecule has 138 valence electrons. The van der Waals surface area contributed by atoms with E-state index < -0.39 is 0 Å². The third-order valence-corrected chi connectivity index (χ3v) is 4.79. The first-order valence-electron chi connectivity index (χ1n) is 7.91. The molecule has 1 aromatic heterocycles. The summed E-state index contributed by atoms with van der Waals surface area (Å²) in [6.45, 7) is 3.54. The summed E-state index contributed by atoms with van der Waals surface area (Å²) in [5, 5.41) is 6.67. The summed E-state index contributed by atoms with van der Waals surface area (Å²) < 4.78 is 13.1. The van der Waals surface area contributed by atoms with E-state index in [9.17, 15) is 4.39 Å². The number of thiophene rings is 1. The van der Waals surface area contributed by atoms with Crippen LogP contribution in [0.1, 0.15) is 21.4 Å². The smallest absolute Gasteiger partial charge is 0.191 e. The Bertz CT molecular complexity index is 670. The zero-order chi connectivity index (χ0) is 17.5. The number of rotatable bonds is 6. The average Bonchev–Trinajstić information content (AvgIpc) is 2.97. The first kappa shape index (κ1) is 21.9. The van der Waals surface area contributed by atoms with E-state index in [1.54, 1.807) is 18.4 Å². The second kappa shape index (κ2) is 10.7. The highest BCUT2D eigenvalue weighted by Crippen LogP contribution is 2.18. The van der Waals surface area contributed by atoms with Crippen LogP contribution in [0.4, 0.5) is 4.39 Å². The Morgan fingerprint density at radius 2 is 1.84 bits per heavy atom. The predicted molar refractivity (Wildman–Crippen MR) is 116 cm³/mol. The number of hydrogen-bond donors (Lipinski definition) is 2. The molecule has 0 aliphatic carbocycles. The average molecular weight is 476 g/mol. The molecule has 2 aromatic rings. The van der Waals surface area contributed by atoms with Gasteiger partial charge in [0.25, 0.3) is 0 Å². The third kappa shape index (κ3) is 6.91. The highest BCUT2D eigenvalue weighted by Gasteiger charge is 2.14. The monoisotopic (exact) mass is 476 g/mol. The minimum absolute atomic E-state index is 0. The molecule has 0 spiro atoms. The molecule has 0 saturated carbocycles. The van der Waals surface area contributed by atoms with Gasteiger partial charge in [0.15, 0.2) is 5.96 Å². The lowest BCUT2D eigenvalue weighted by Gasteiger charge is -2.26. The molecule has 2 rings (SSSR count). The van der Waals surface area contributed by atoms with Gasteiger partial charge in [-0.3, -0.25) is 4.99 Å². The van der Waals surface area contributed by atoms with Gasteiger partial charge in [-0.25, -0.2) is 4.39 Å². The Labute approximate surface area is 170 Å². The van der Waals surface area contributed by atoms with Gasteiger partial charge < -0.3 is 15.5 Å². The number of hydrogen-bond acceptors (Lipinski definition) is 3. The van der Waals surface area contributed by atoms with Crippen molar-refractivity contribution in [3.8, 4) is 0 Å². The molecule has 4 nitrogen and oxygen atoms in total. The van der Waals surface area contributed by atoms with Crippen LogP contribution in [-0.4, -0.2) is 38.5 Å². The summed E-state index contributed by atoms with van der Waals surface area (Å²) in [6, 6.07) is 11.0. The van der Waals surface area contributed by atoms with E-state index in [1.807, 2.05) is 26.2 Å². The maximum absolute atomic E-state index is 13.1. The largest absolute Gasteiger partial charge is 0.354 e. The van der Waals surface area contributed by atoms with E-state index in [0.717, 1.165) is 18.1 Å². The van der Waals surface area contributed by atoms with E-state index in [1.165, 1.54) is 21.9 Å². The predicted octanol–water partition coefficient (Wildman–Crippen LogP) is 3.78. The fourth-order valence-corrected chi connectivity index (χ4v) is 3.28. The van der Waals surface area contributed by atoms with Crippen LogP contribution in [0.15, 0.2) is 41.4 Å². The Morgan fingerprint density at radius 3 is 2.36 bits per heavy atom. The SMILES string of the molecule is CN=C(NCc1ccc(C)s1)NCC(c1ccc(F)cc1)N(C)C.I. The van der Waals surface area contributed by atoms with Crippen molar-refractivity contribution in [2.75, 3.05) is 27.7 Å². The van der Waals surface area contributed by atoms with Crippen LogP contribution in [0.25, 0.3) is 0 Å². The lowest BCUT2D eigenvalue weighted by atomic mass is 10.1. The van der Waals surface area contributed by atoms with E-state index >= 15 is 0 Å². The molecule has 1 atom stereocenters. The van der Waals surface area contributed by atoms with Gasteiger partial charge >= 0.3 is 0 Å². The molecule has 1 unspecified atom stereocenters. The topological polar surface area (TPSA) is 39.7 Å². The van der Waals surface area contributed by atoms with Crippen molar-refractivity contribution >= 4 is 41.3 Å². The van der Waals surface area contributed by atoms with Crippen molar-refractivity contribution < 1.29 is 4.39 Å². The molecule has 2 N–H and O–H groups in total. The highest BCUT2D eigenvalue weighted by molar-refractivity contribution is 14.0. The van der Waals surface area contributed by atoms with Gasteiger partial charge in [-0.15, -0.1) is 35.3 Å². The normalized spacial score (nSPS) is 12.6. The van der Waals surface area contributed by atoms with Crippen LogP contribution in [0, 0.1) is 12.7 Å². The number of nitrogens with one attached hydrogen (secondary N) is 2. The summed E-state index contributed by atoms with van der Waals surface area (Å²) in [5.41, 5.74) is 1.07. The molecular weight excluding hydrogens is 450 g/mol. The van der Waals surface area contributed by atoms with E-state index in [-0.39, 0.29) is 35.8 Å². The Morgan fingerprint density at radius 1 is 1.16 bits per heavy atom. The Kier molecular flexibility index (Phi) is 9.37. The first-order chi connectivity index (χ1) is 11.5. The molecular formula is C18H26FIN4S. The molecule has 0 aliphatic rings. The zero-order valence-electron chi connectivity index (χ0n) is 15.0. The lowest BCUT2D eigenvalue weighted by Crippen LogP contribution is -2.41. The molecule has 1 heterocycles. The second-order valence-electron chi connectivity index (χ2n) is 5.85. The minimum Gasteiger partial charge on any atom is -0.354 e. The molecule has 0 bridgehead atoms. The summed E-state index contributed by atoms with van der Waals surface area (Å²) in [5.74, 6) is 0.544. The Hall–Kier alpha value is -1.19. The molecule has 0 saturated heterocycles. The van der Waals surface area contributed by atoms with Gasteiger partial charge in [0.05, 0.1) is 12.6 Å². The number of benzene rings is 1. The van der Waals surface area contributed by atoms with E-state index in [4.69, 9.17) is 0 Å². The second-order valence-corrected chi connectivity index (χ2v) is 7.22. The standard InChI is InChI=1S/C18H25FN4S.HI/c1-13-5-10-16(24-13)11-21-18(20-2)22-12-17(23(3)4)14-6-8-15(19)9-7-14;/h5-10,17H,11-12H2,1-4H3,(H2,20,21,22);1H. The van der Waals surface area contributed by atoms with E-state index in [0.29, 0.717) is 6.54 Å². The highest BCUT2D eigenvalue weighted by atomic mass is 127. The van der Waals surface area contributed by atoms with Crippen molar-refractivity contribution in [3.05, 3.63) is 57.5 Å². The van der Waals surface area contributed by atoms with Crippen LogP contribution in [0.2, 0.25) is 0 Å². The maximum atomic E-state index is 13.1. The van der Waals surface area contributed by atoms with Crippen LogP contribution >= 0.6 is 35.3 Å². The minimum atomic E-state index is -0.215. The number of aliphatic imine (C=N–C) groups is 1. The van der Waals surface area contributed by atoms with Crippen molar-refractivity contribution in [3.63, 3.8) is 0 Å². The van der Waals surface area contributed by atoms with Crippen molar-refractivity contribution in [2.45, 2.75) is 19.5 Å². The van der Waals surface area contributed by atoms with Gasteiger partial charge in [0, 0.05) is 23.3 Å². The third-order valence-electron chi connectivity index (χ3n) is 3.79. The fraction of sp³-hybridized carbons (Fsp3) is 0.389. The molecule has 0 radical (unpaired) electrons. The summed E-state index contributed by atoms with van der Waals surface area (Å²) >= 11 is 1.78. The van der Waals surface area contributed by atoms with E-state index in [2.05, 4.69) is 39.6 Å². The van der Waals surface area contributed by atoms with Crippen LogP contribution in [-0.2, 0) is 6.54 Å². The van der Waals surface area contributed by atoms with Gasteiger partial charge in [-0.05, 0) is 50.8 Å². The zero-order valence-corrected chi connectivity index (χ0v) is 18.2. The molecule has 0 fully saturated rings. The molecule has 0 amide bonds. The number of aryl methyl sites for hydroxylation is 1. The number of likely N-dealkylation sites (N-methyl/N-ethyl adjacent to an activating group) is 1. The number of guanidine groups is 1. The maximum Gasteiger partial charge on any atom is 0.191 e. The molecule has 0 aliphatic heterocycles.